The Hall–Kier alpha value is -1.59. The lowest BCUT2D eigenvalue weighted by Crippen LogP contribution is -2.09. The molecule has 3 nitrogen and oxygen atoms in total. The fourth-order valence-corrected chi connectivity index (χ4v) is 2.38. The van der Waals surface area contributed by atoms with Crippen molar-refractivity contribution in [3.8, 4) is 5.75 Å². The standard InChI is InChI=1S/C14H12Cl2F2N2O/c1-8(12-4-2-3-5-19-12)20-9-6-10(15)13(11(16)7-9)21-14(17)18/h2-8,14,20H,1H3. The maximum absolute atomic E-state index is 12.2. The Morgan fingerprint density at radius 3 is 2.38 bits per heavy atom. The molecule has 0 radical (unpaired) electrons. The molecule has 0 aliphatic carbocycles. The van der Waals surface area contributed by atoms with Crippen LogP contribution >= 0.6 is 23.2 Å². The average Bonchev–Trinajstić information content (AvgIpc) is 2.43. The number of pyridine rings is 1. The van der Waals surface area contributed by atoms with Crippen LogP contribution in [0.5, 0.6) is 5.75 Å². The fraction of sp³-hybridized carbons (Fsp3) is 0.214. The van der Waals surface area contributed by atoms with Crippen LogP contribution in [0.2, 0.25) is 10.0 Å². The number of ether oxygens (including phenoxy) is 1. The molecule has 1 atom stereocenters. The van der Waals surface area contributed by atoms with E-state index in [1.54, 1.807) is 6.20 Å². The number of benzene rings is 1. The summed E-state index contributed by atoms with van der Waals surface area (Å²) in [4.78, 5) is 4.22. The van der Waals surface area contributed by atoms with Crippen LogP contribution in [-0.2, 0) is 0 Å². The second kappa shape index (κ2) is 6.91. The molecular weight excluding hydrogens is 321 g/mol. The largest absolute Gasteiger partial charge is 0.432 e. The number of alkyl halides is 2. The van der Waals surface area contributed by atoms with E-state index in [1.807, 2.05) is 25.1 Å². The number of nitrogens with zero attached hydrogens (tertiary/aromatic N) is 1. The van der Waals surface area contributed by atoms with E-state index in [2.05, 4.69) is 15.0 Å². The van der Waals surface area contributed by atoms with Crippen LogP contribution < -0.4 is 10.1 Å². The molecule has 0 spiro atoms. The molecule has 1 N–H and O–H groups in total. The van der Waals surface area contributed by atoms with Crippen molar-refractivity contribution in [2.24, 2.45) is 0 Å². The first-order chi connectivity index (χ1) is 9.97. The lowest BCUT2D eigenvalue weighted by atomic mass is 10.2. The summed E-state index contributed by atoms with van der Waals surface area (Å²) in [7, 11) is 0. The molecular formula is C14H12Cl2F2N2O. The summed E-state index contributed by atoms with van der Waals surface area (Å²) in [6.45, 7) is -1.07. The minimum absolute atomic E-state index is 0.0125. The Morgan fingerprint density at radius 2 is 1.86 bits per heavy atom. The van der Waals surface area contributed by atoms with Gasteiger partial charge in [-0.15, -0.1) is 0 Å². The van der Waals surface area contributed by atoms with Crippen LogP contribution in [0.3, 0.4) is 0 Å². The second-order valence-electron chi connectivity index (χ2n) is 4.27. The molecule has 21 heavy (non-hydrogen) atoms. The minimum Gasteiger partial charge on any atom is -0.432 e. The number of hydrogen-bond acceptors (Lipinski definition) is 3. The zero-order valence-corrected chi connectivity index (χ0v) is 12.5. The Morgan fingerprint density at radius 1 is 1.19 bits per heavy atom. The van der Waals surface area contributed by atoms with Crippen molar-refractivity contribution in [2.45, 2.75) is 19.6 Å². The van der Waals surface area contributed by atoms with Gasteiger partial charge in [-0.05, 0) is 31.2 Å². The first-order valence-electron chi connectivity index (χ1n) is 6.08. The number of rotatable bonds is 5. The smallest absolute Gasteiger partial charge is 0.387 e. The first-order valence-corrected chi connectivity index (χ1v) is 6.84. The van der Waals surface area contributed by atoms with Crippen LogP contribution in [0.1, 0.15) is 18.7 Å². The maximum Gasteiger partial charge on any atom is 0.387 e. The predicted molar refractivity (Wildman–Crippen MR) is 79.4 cm³/mol. The summed E-state index contributed by atoms with van der Waals surface area (Å²) in [6.07, 6.45) is 1.69. The molecule has 1 aromatic heterocycles. The van der Waals surface area contributed by atoms with Crippen molar-refractivity contribution in [3.63, 3.8) is 0 Å². The molecule has 7 heteroatoms. The summed E-state index contributed by atoms with van der Waals surface area (Å²) in [5.74, 6) is -0.232. The van der Waals surface area contributed by atoms with E-state index in [1.165, 1.54) is 12.1 Å². The third-order valence-electron chi connectivity index (χ3n) is 2.72. The van der Waals surface area contributed by atoms with E-state index >= 15 is 0 Å². The number of aromatic nitrogens is 1. The van der Waals surface area contributed by atoms with E-state index < -0.39 is 6.61 Å². The van der Waals surface area contributed by atoms with Gasteiger partial charge in [0.2, 0.25) is 0 Å². The highest BCUT2D eigenvalue weighted by molar-refractivity contribution is 6.37. The van der Waals surface area contributed by atoms with Gasteiger partial charge in [0.1, 0.15) is 0 Å². The third-order valence-corrected chi connectivity index (χ3v) is 3.28. The summed E-state index contributed by atoms with van der Waals surface area (Å²) < 4.78 is 28.8. The topological polar surface area (TPSA) is 34.1 Å². The Kier molecular flexibility index (Phi) is 5.20. The second-order valence-corrected chi connectivity index (χ2v) is 5.08. The zero-order chi connectivity index (χ0) is 15.4. The van der Waals surface area contributed by atoms with Crippen LogP contribution in [0.15, 0.2) is 36.5 Å². The predicted octanol–water partition coefficient (Wildman–Crippen LogP) is 5.16. The maximum atomic E-state index is 12.2. The lowest BCUT2D eigenvalue weighted by molar-refractivity contribution is -0.0497. The zero-order valence-electron chi connectivity index (χ0n) is 11.0. The summed E-state index contributed by atoms with van der Waals surface area (Å²) in [5, 5.41) is 3.17. The van der Waals surface area contributed by atoms with Crippen molar-refractivity contribution >= 4 is 28.9 Å². The van der Waals surface area contributed by atoms with E-state index in [4.69, 9.17) is 23.2 Å². The summed E-state index contributed by atoms with van der Waals surface area (Å²) >= 11 is 11.8. The van der Waals surface area contributed by atoms with Crippen molar-refractivity contribution in [1.82, 2.24) is 4.98 Å². The Labute approximate surface area is 130 Å². The van der Waals surface area contributed by atoms with Crippen LogP contribution in [0, 0.1) is 0 Å². The van der Waals surface area contributed by atoms with Gasteiger partial charge < -0.3 is 10.1 Å². The molecule has 2 aromatic rings. The van der Waals surface area contributed by atoms with Gasteiger partial charge in [0, 0.05) is 11.9 Å². The Bertz CT molecular complexity index is 588. The van der Waals surface area contributed by atoms with Crippen LogP contribution in [0.4, 0.5) is 14.5 Å². The minimum atomic E-state index is -2.98. The quantitative estimate of drug-likeness (QED) is 0.820. The monoisotopic (exact) mass is 332 g/mol. The van der Waals surface area contributed by atoms with Crippen LogP contribution in [0.25, 0.3) is 0 Å². The van der Waals surface area contributed by atoms with Crippen molar-refractivity contribution in [3.05, 3.63) is 52.3 Å². The molecule has 1 heterocycles. The fourth-order valence-electron chi connectivity index (χ4n) is 1.80. The molecule has 1 aromatic carbocycles. The molecule has 0 saturated carbocycles. The lowest BCUT2D eigenvalue weighted by Gasteiger charge is -2.16. The van der Waals surface area contributed by atoms with Gasteiger partial charge in [0.25, 0.3) is 0 Å². The van der Waals surface area contributed by atoms with Crippen molar-refractivity contribution in [2.75, 3.05) is 5.32 Å². The summed E-state index contributed by atoms with van der Waals surface area (Å²) in [6, 6.07) is 8.42. The van der Waals surface area contributed by atoms with Gasteiger partial charge in [-0.3, -0.25) is 4.98 Å². The average molecular weight is 333 g/mol. The Balaban J connectivity index is 2.18. The first kappa shape index (κ1) is 15.8. The molecule has 112 valence electrons. The van der Waals surface area contributed by atoms with Gasteiger partial charge in [0.15, 0.2) is 5.75 Å². The van der Waals surface area contributed by atoms with Gasteiger partial charge in [-0.2, -0.15) is 8.78 Å². The number of hydrogen-bond donors (Lipinski definition) is 1. The van der Waals surface area contributed by atoms with Gasteiger partial charge >= 0.3 is 6.61 Å². The number of halogens is 4. The van der Waals surface area contributed by atoms with Gasteiger partial charge in [0.05, 0.1) is 21.8 Å². The highest BCUT2D eigenvalue weighted by Gasteiger charge is 2.15. The third kappa shape index (κ3) is 4.19. The van der Waals surface area contributed by atoms with Gasteiger partial charge in [-0.25, -0.2) is 0 Å². The van der Waals surface area contributed by atoms with E-state index in [9.17, 15) is 8.78 Å². The van der Waals surface area contributed by atoms with E-state index in [0.717, 1.165) is 5.69 Å². The SMILES string of the molecule is CC(Nc1cc(Cl)c(OC(F)F)c(Cl)c1)c1ccccn1. The molecule has 0 fully saturated rings. The van der Waals surface area contributed by atoms with E-state index in [-0.39, 0.29) is 21.8 Å². The van der Waals surface area contributed by atoms with Crippen LogP contribution in [-0.4, -0.2) is 11.6 Å². The molecule has 2 rings (SSSR count). The van der Waals surface area contributed by atoms with Crippen molar-refractivity contribution < 1.29 is 13.5 Å². The van der Waals surface area contributed by atoms with Crippen molar-refractivity contribution in [1.29, 1.82) is 0 Å². The normalized spacial score (nSPS) is 12.3. The summed E-state index contributed by atoms with van der Waals surface area (Å²) in [5.41, 5.74) is 1.42. The molecule has 0 aliphatic heterocycles. The molecule has 0 saturated heterocycles. The molecule has 1 unspecified atom stereocenters. The molecule has 0 aliphatic rings. The van der Waals surface area contributed by atoms with Gasteiger partial charge in [-0.1, -0.05) is 29.3 Å². The highest BCUT2D eigenvalue weighted by atomic mass is 35.5. The number of anilines is 1. The van der Waals surface area contributed by atoms with E-state index in [0.29, 0.717) is 5.69 Å². The number of nitrogens with one attached hydrogen (secondary N) is 1. The molecule has 0 bridgehead atoms. The molecule has 0 amide bonds. The highest BCUT2D eigenvalue weighted by Crippen LogP contribution is 2.37.